The number of rotatable bonds is 5. The second kappa shape index (κ2) is 5.35. The third-order valence-electron chi connectivity index (χ3n) is 2.05. The SMILES string of the molecule is CC(C)CCCC(O)c1cscn1. The van der Waals surface area contributed by atoms with Crippen LogP contribution in [-0.2, 0) is 0 Å². The molecule has 1 aromatic rings. The summed E-state index contributed by atoms with van der Waals surface area (Å²) in [5.74, 6) is 0.725. The Bertz CT molecular complexity index is 221. The standard InChI is InChI=1S/C10H17NOS/c1-8(2)4-3-5-10(12)9-6-13-7-11-9/h6-8,10,12H,3-5H2,1-2H3. The molecule has 0 aliphatic carbocycles. The molecule has 0 saturated heterocycles. The predicted molar refractivity (Wildman–Crippen MR) is 55.8 cm³/mol. The van der Waals surface area contributed by atoms with Crippen LogP contribution in [0.3, 0.4) is 0 Å². The largest absolute Gasteiger partial charge is 0.387 e. The van der Waals surface area contributed by atoms with Crippen molar-refractivity contribution in [1.29, 1.82) is 0 Å². The summed E-state index contributed by atoms with van der Waals surface area (Å²) in [5.41, 5.74) is 2.59. The van der Waals surface area contributed by atoms with Crippen LogP contribution >= 0.6 is 11.3 Å². The normalized spacial score (nSPS) is 13.5. The summed E-state index contributed by atoms with van der Waals surface area (Å²) in [5, 5.41) is 11.6. The van der Waals surface area contributed by atoms with E-state index in [4.69, 9.17) is 0 Å². The number of aliphatic hydroxyl groups is 1. The van der Waals surface area contributed by atoms with Gasteiger partial charge in [-0.15, -0.1) is 11.3 Å². The Balaban J connectivity index is 2.22. The average molecular weight is 199 g/mol. The molecule has 1 rings (SSSR count). The van der Waals surface area contributed by atoms with E-state index in [1.54, 1.807) is 5.51 Å². The Hall–Kier alpha value is -0.410. The quantitative estimate of drug-likeness (QED) is 0.790. The molecule has 74 valence electrons. The Morgan fingerprint density at radius 2 is 2.23 bits per heavy atom. The van der Waals surface area contributed by atoms with Crippen LogP contribution in [0.1, 0.15) is 44.9 Å². The van der Waals surface area contributed by atoms with Crippen LogP contribution in [0.2, 0.25) is 0 Å². The lowest BCUT2D eigenvalue weighted by atomic mass is 10.0. The van der Waals surface area contributed by atoms with E-state index >= 15 is 0 Å². The topological polar surface area (TPSA) is 33.1 Å². The smallest absolute Gasteiger partial charge is 0.0968 e. The van der Waals surface area contributed by atoms with Crippen LogP contribution < -0.4 is 0 Å². The third-order valence-corrected chi connectivity index (χ3v) is 2.66. The Morgan fingerprint density at radius 3 is 2.77 bits per heavy atom. The van der Waals surface area contributed by atoms with Crippen molar-refractivity contribution in [3.8, 4) is 0 Å². The Kier molecular flexibility index (Phi) is 4.39. The zero-order valence-electron chi connectivity index (χ0n) is 8.23. The maximum atomic E-state index is 9.67. The van der Waals surface area contributed by atoms with Gasteiger partial charge in [0.2, 0.25) is 0 Å². The molecular weight excluding hydrogens is 182 g/mol. The third kappa shape index (κ3) is 3.87. The maximum absolute atomic E-state index is 9.67. The summed E-state index contributed by atoms with van der Waals surface area (Å²) in [6.45, 7) is 4.41. The van der Waals surface area contributed by atoms with Gasteiger partial charge in [0.15, 0.2) is 0 Å². The van der Waals surface area contributed by atoms with Gasteiger partial charge < -0.3 is 5.11 Å². The van der Waals surface area contributed by atoms with Crippen molar-refractivity contribution in [2.75, 3.05) is 0 Å². The lowest BCUT2D eigenvalue weighted by Crippen LogP contribution is -1.98. The van der Waals surface area contributed by atoms with Crippen LogP contribution in [0.15, 0.2) is 10.9 Å². The number of hydrogen-bond donors (Lipinski definition) is 1. The summed E-state index contributed by atoms with van der Waals surface area (Å²) in [4.78, 5) is 4.08. The lowest BCUT2D eigenvalue weighted by molar-refractivity contribution is 0.158. The maximum Gasteiger partial charge on any atom is 0.0968 e. The van der Waals surface area contributed by atoms with Gasteiger partial charge in [-0.2, -0.15) is 0 Å². The van der Waals surface area contributed by atoms with Gasteiger partial charge in [-0.25, -0.2) is 4.98 Å². The van der Waals surface area contributed by atoms with Crippen LogP contribution in [0.5, 0.6) is 0 Å². The van der Waals surface area contributed by atoms with E-state index in [-0.39, 0.29) is 6.10 Å². The minimum absolute atomic E-state index is 0.356. The average Bonchev–Trinajstić information content (AvgIpc) is 2.55. The Labute approximate surface area is 83.6 Å². The lowest BCUT2D eigenvalue weighted by Gasteiger charge is -2.08. The summed E-state index contributed by atoms with van der Waals surface area (Å²) < 4.78 is 0. The fraction of sp³-hybridized carbons (Fsp3) is 0.700. The van der Waals surface area contributed by atoms with E-state index < -0.39 is 0 Å². The predicted octanol–water partition coefficient (Wildman–Crippen LogP) is 3.00. The fourth-order valence-electron chi connectivity index (χ4n) is 1.25. The van der Waals surface area contributed by atoms with E-state index in [1.807, 2.05) is 5.38 Å². The van der Waals surface area contributed by atoms with Crippen molar-refractivity contribution >= 4 is 11.3 Å². The first-order valence-corrected chi connectivity index (χ1v) is 5.70. The number of thiazole rings is 1. The molecule has 3 heteroatoms. The van der Waals surface area contributed by atoms with E-state index in [1.165, 1.54) is 17.8 Å². The van der Waals surface area contributed by atoms with Crippen molar-refractivity contribution in [2.24, 2.45) is 5.92 Å². The summed E-state index contributed by atoms with van der Waals surface area (Å²) in [6, 6.07) is 0. The molecule has 1 atom stereocenters. The highest BCUT2D eigenvalue weighted by atomic mass is 32.1. The summed E-state index contributed by atoms with van der Waals surface area (Å²) in [6.07, 6.45) is 2.74. The van der Waals surface area contributed by atoms with E-state index in [0.717, 1.165) is 24.5 Å². The van der Waals surface area contributed by atoms with Crippen LogP contribution in [-0.4, -0.2) is 10.1 Å². The van der Waals surface area contributed by atoms with Gasteiger partial charge in [-0.1, -0.05) is 26.7 Å². The molecule has 1 aromatic heterocycles. The zero-order chi connectivity index (χ0) is 9.68. The first-order chi connectivity index (χ1) is 6.20. The first kappa shape index (κ1) is 10.7. The van der Waals surface area contributed by atoms with Crippen molar-refractivity contribution in [2.45, 2.75) is 39.2 Å². The van der Waals surface area contributed by atoms with Gasteiger partial charge >= 0.3 is 0 Å². The van der Waals surface area contributed by atoms with Crippen LogP contribution in [0, 0.1) is 5.92 Å². The summed E-state index contributed by atoms with van der Waals surface area (Å²) in [7, 11) is 0. The number of aromatic nitrogens is 1. The molecule has 1 heterocycles. The van der Waals surface area contributed by atoms with E-state index in [0.29, 0.717) is 0 Å². The Morgan fingerprint density at radius 1 is 1.46 bits per heavy atom. The molecule has 0 bridgehead atoms. The molecule has 0 fully saturated rings. The molecular formula is C10H17NOS. The van der Waals surface area contributed by atoms with E-state index in [9.17, 15) is 5.11 Å². The molecule has 0 radical (unpaired) electrons. The van der Waals surface area contributed by atoms with Crippen molar-refractivity contribution in [3.05, 3.63) is 16.6 Å². The number of aliphatic hydroxyl groups excluding tert-OH is 1. The second-order valence-electron chi connectivity index (χ2n) is 3.75. The number of hydrogen-bond acceptors (Lipinski definition) is 3. The molecule has 0 amide bonds. The molecule has 0 spiro atoms. The van der Waals surface area contributed by atoms with E-state index in [2.05, 4.69) is 18.8 Å². The zero-order valence-corrected chi connectivity index (χ0v) is 9.05. The fourth-order valence-corrected chi connectivity index (χ4v) is 1.85. The van der Waals surface area contributed by atoms with Gasteiger partial charge in [0.25, 0.3) is 0 Å². The molecule has 0 aromatic carbocycles. The molecule has 0 aliphatic rings. The minimum Gasteiger partial charge on any atom is -0.387 e. The highest BCUT2D eigenvalue weighted by Crippen LogP contribution is 2.20. The van der Waals surface area contributed by atoms with Crippen LogP contribution in [0.25, 0.3) is 0 Å². The highest BCUT2D eigenvalue weighted by molar-refractivity contribution is 7.07. The van der Waals surface area contributed by atoms with Crippen molar-refractivity contribution in [1.82, 2.24) is 4.98 Å². The van der Waals surface area contributed by atoms with Gasteiger partial charge in [-0.3, -0.25) is 0 Å². The molecule has 2 nitrogen and oxygen atoms in total. The second-order valence-corrected chi connectivity index (χ2v) is 4.47. The monoisotopic (exact) mass is 199 g/mol. The first-order valence-electron chi connectivity index (χ1n) is 4.76. The van der Waals surface area contributed by atoms with Gasteiger partial charge in [-0.05, 0) is 12.3 Å². The van der Waals surface area contributed by atoms with Crippen molar-refractivity contribution < 1.29 is 5.11 Å². The number of nitrogens with zero attached hydrogens (tertiary/aromatic N) is 1. The molecule has 0 aliphatic heterocycles. The van der Waals surface area contributed by atoms with Gasteiger partial charge in [0.05, 0.1) is 17.3 Å². The summed E-state index contributed by atoms with van der Waals surface area (Å²) >= 11 is 1.54. The molecule has 1 N–H and O–H groups in total. The van der Waals surface area contributed by atoms with Gasteiger partial charge in [0, 0.05) is 5.38 Å². The van der Waals surface area contributed by atoms with Crippen LogP contribution in [0.4, 0.5) is 0 Å². The van der Waals surface area contributed by atoms with Gasteiger partial charge in [0.1, 0.15) is 0 Å². The molecule has 0 saturated carbocycles. The highest BCUT2D eigenvalue weighted by Gasteiger charge is 2.08. The van der Waals surface area contributed by atoms with Crippen molar-refractivity contribution in [3.63, 3.8) is 0 Å². The minimum atomic E-state index is -0.356. The molecule has 13 heavy (non-hydrogen) atoms. The molecule has 1 unspecified atom stereocenters.